The summed E-state index contributed by atoms with van der Waals surface area (Å²) in [5.41, 5.74) is 3.96. The fraction of sp³-hybridized carbons (Fsp3) is 0.120. The van der Waals surface area contributed by atoms with E-state index in [1.54, 1.807) is 0 Å². The summed E-state index contributed by atoms with van der Waals surface area (Å²) in [6.45, 7) is 6.57. The highest BCUT2D eigenvalue weighted by molar-refractivity contribution is 6.15. The van der Waals surface area contributed by atoms with E-state index in [2.05, 4.69) is 87.5 Å². The molecule has 5 aromatic carbocycles. The molecule has 0 heteroatoms. The Kier molecular flexibility index (Phi) is 2.93. The van der Waals surface area contributed by atoms with Gasteiger partial charge < -0.3 is 0 Å². The van der Waals surface area contributed by atoms with E-state index in [1.165, 1.54) is 59.8 Å². The van der Waals surface area contributed by atoms with Gasteiger partial charge in [-0.2, -0.15) is 0 Å². The molecule has 0 N–H and O–H groups in total. The Morgan fingerprint density at radius 3 is 1.92 bits per heavy atom. The molecule has 0 saturated carbocycles. The summed E-state index contributed by atoms with van der Waals surface area (Å²) < 4.78 is 0. The zero-order valence-electron chi connectivity index (χ0n) is 14.8. The maximum absolute atomic E-state index is 3.59. The first kappa shape index (κ1) is 14.5. The maximum atomic E-state index is 3.59. The van der Waals surface area contributed by atoms with E-state index in [1.807, 2.05) is 0 Å². The largest absolute Gasteiger partial charge is 0.0616 e. The summed E-state index contributed by atoms with van der Waals surface area (Å²) in [5.74, 6) is 0. The van der Waals surface area contributed by atoms with Crippen LogP contribution in [0.25, 0.3) is 43.1 Å². The molecule has 0 aliphatic rings. The van der Waals surface area contributed by atoms with Crippen molar-refractivity contribution in [3.05, 3.63) is 83.4 Å². The first-order valence-electron chi connectivity index (χ1n) is 8.80. The normalized spacial score (nSPS) is 11.8. The lowest BCUT2D eigenvalue weighted by Crippen LogP contribution is -1.90. The summed E-state index contributed by atoms with van der Waals surface area (Å²) in [4.78, 5) is 0. The average molecular weight is 319 g/mol. The molecule has 0 fully saturated rings. The highest BCUT2D eigenvalue weighted by Crippen LogP contribution is 2.34. The van der Waals surface area contributed by atoms with Crippen LogP contribution in [0.3, 0.4) is 0 Å². The SMILES string of the molecule is Cc1[c]c2cc3c(ccc4cc5ccccc5cc43)cc2c(C)c1C. The molecule has 0 amide bonds. The van der Waals surface area contributed by atoms with Gasteiger partial charge in [-0.25, -0.2) is 0 Å². The van der Waals surface area contributed by atoms with Crippen LogP contribution in [0.2, 0.25) is 0 Å². The van der Waals surface area contributed by atoms with Crippen molar-refractivity contribution >= 4 is 43.1 Å². The molecule has 1 radical (unpaired) electrons. The Morgan fingerprint density at radius 2 is 1.16 bits per heavy atom. The minimum Gasteiger partial charge on any atom is -0.0616 e. The van der Waals surface area contributed by atoms with Crippen LogP contribution in [0.5, 0.6) is 0 Å². The Labute approximate surface area is 147 Å². The monoisotopic (exact) mass is 319 g/mol. The summed E-state index contributed by atoms with van der Waals surface area (Å²) in [6.07, 6.45) is 0. The predicted octanol–water partition coefficient (Wildman–Crippen LogP) is 7.02. The van der Waals surface area contributed by atoms with Gasteiger partial charge in [-0.3, -0.25) is 0 Å². The van der Waals surface area contributed by atoms with Gasteiger partial charge in [0.1, 0.15) is 0 Å². The van der Waals surface area contributed by atoms with E-state index in [0.717, 1.165) is 0 Å². The molecule has 5 aromatic rings. The third-order valence-corrected chi connectivity index (χ3v) is 5.69. The second kappa shape index (κ2) is 5.07. The lowest BCUT2D eigenvalue weighted by atomic mass is 9.92. The minimum atomic E-state index is 1.22. The summed E-state index contributed by atoms with van der Waals surface area (Å²) in [6, 6.07) is 26.0. The summed E-state index contributed by atoms with van der Waals surface area (Å²) in [7, 11) is 0. The molecule has 0 bridgehead atoms. The van der Waals surface area contributed by atoms with Crippen molar-refractivity contribution in [2.45, 2.75) is 20.8 Å². The van der Waals surface area contributed by atoms with Crippen LogP contribution < -0.4 is 0 Å². The lowest BCUT2D eigenvalue weighted by Gasteiger charge is -2.12. The molecule has 0 aromatic heterocycles. The number of benzene rings is 5. The highest BCUT2D eigenvalue weighted by atomic mass is 14.1. The zero-order chi connectivity index (χ0) is 17.1. The van der Waals surface area contributed by atoms with E-state index in [0.29, 0.717) is 0 Å². The number of fused-ring (bicyclic) bond motifs is 5. The molecule has 5 rings (SSSR count). The fourth-order valence-corrected chi connectivity index (χ4v) is 3.99. The lowest BCUT2D eigenvalue weighted by molar-refractivity contribution is 1.29. The van der Waals surface area contributed by atoms with E-state index in [9.17, 15) is 0 Å². The smallest absolute Gasteiger partial charge is 0.00640 e. The van der Waals surface area contributed by atoms with Gasteiger partial charge in [0, 0.05) is 0 Å². The zero-order valence-corrected chi connectivity index (χ0v) is 14.8. The van der Waals surface area contributed by atoms with Crippen LogP contribution in [0.4, 0.5) is 0 Å². The Balaban J connectivity index is 1.97. The van der Waals surface area contributed by atoms with E-state index in [4.69, 9.17) is 0 Å². The van der Waals surface area contributed by atoms with E-state index < -0.39 is 0 Å². The molecule has 0 spiro atoms. The summed E-state index contributed by atoms with van der Waals surface area (Å²) in [5, 5.41) is 10.4. The van der Waals surface area contributed by atoms with Gasteiger partial charge >= 0.3 is 0 Å². The summed E-state index contributed by atoms with van der Waals surface area (Å²) >= 11 is 0. The van der Waals surface area contributed by atoms with Gasteiger partial charge in [-0.1, -0.05) is 36.4 Å². The van der Waals surface area contributed by atoms with Crippen molar-refractivity contribution in [1.29, 1.82) is 0 Å². The quantitative estimate of drug-likeness (QED) is 0.212. The van der Waals surface area contributed by atoms with Crippen molar-refractivity contribution in [2.75, 3.05) is 0 Å². The van der Waals surface area contributed by atoms with Gasteiger partial charge in [0.05, 0.1) is 0 Å². The van der Waals surface area contributed by atoms with Crippen molar-refractivity contribution in [1.82, 2.24) is 0 Å². The Hall–Kier alpha value is -2.86. The van der Waals surface area contributed by atoms with Crippen LogP contribution in [-0.2, 0) is 0 Å². The molecule has 0 nitrogen and oxygen atoms in total. The molecule has 119 valence electrons. The average Bonchev–Trinajstić information content (AvgIpc) is 2.63. The molecular weight excluding hydrogens is 300 g/mol. The van der Waals surface area contributed by atoms with Crippen LogP contribution in [0.15, 0.2) is 60.7 Å². The van der Waals surface area contributed by atoms with Gasteiger partial charge in [0.2, 0.25) is 0 Å². The molecule has 0 unspecified atom stereocenters. The third kappa shape index (κ3) is 2.07. The topological polar surface area (TPSA) is 0 Å². The Bertz CT molecular complexity index is 1310. The molecular formula is C25H19. The van der Waals surface area contributed by atoms with E-state index in [-0.39, 0.29) is 0 Å². The first-order valence-corrected chi connectivity index (χ1v) is 8.80. The van der Waals surface area contributed by atoms with Crippen LogP contribution >= 0.6 is 0 Å². The molecule has 0 heterocycles. The van der Waals surface area contributed by atoms with Crippen LogP contribution in [0, 0.1) is 26.8 Å². The molecule has 25 heavy (non-hydrogen) atoms. The van der Waals surface area contributed by atoms with Crippen LogP contribution in [0.1, 0.15) is 16.7 Å². The Morgan fingerprint density at radius 1 is 0.560 bits per heavy atom. The number of hydrogen-bond donors (Lipinski definition) is 0. The van der Waals surface area contributed by atoms with Gasteiger partial charge in [0.15, 0.2) is 0 Å². The van der Waals surface area contributed by atoms with Crippen molar-refractivity contribution in [3.63, 3.8) is 0 Å². The number of aryl methyl sites for hydroxylation is 2. The van der Waals surface area contributed by atoms with Crippen molar-refractivity contribution < 1.29 is 0 Å². The van der Waals surface area contributed by atoms with Gasteiger partial charge in [-0.05, 0) is 111 Å². The fourth-order valence-electron chi connectivity index (χ4n) is 3.99. The van der Waals surface area contributed by atoms with Crippen LogP contribution in [-0.4, -0.2) is 0 Å². The van der Waals surface area contributed by atoms with Gasteiger partial charge in [0.25, 0.3) is 0 Å². The maximum Gasteiger partial charge on any atom is -0.00640 e. The first-order chi connectivity index (χ1) is 12.1. The second-order valence-corrected chi connectivity index (χ2v) is 7.10. The number of rotatable bonds is 0. The third-order valence-electron chi connectivity index (χ3n) is 5.69. The highest BCUT2D eigenvalue weighted by Gasteiger charge is 2.09. The number of hydrogen-bond acceptors (Lipinski definition) is 0. The molecule has 0 aliphatic heterocycles. The second-order valence-electron chi connectivity index (χ2n) is 7.10. The molecule has 0 saturated heterocycles. The van der Waals surface area contributed by atoms with Crippen molar-refractivity contribution in [3.8, 4) is 0 Å². The van der Waals surface area contributed by atoms with E-state index >= 15 is 0 Å². The predicted molar refractivity (Wildman–Crippen MR) is 110 cm³/mol. The van der Waals surface area contributed by atoms with Crippen molar-refractivity contribution in [2.24, 2.45) is 0 Å². The molecule has 0 atom stereocenters. The minimum absolute atomic E-state index is 1.22. The van der Waals surface area contributed by atoms with Gasteiger partial charge in [-0.15, -0.1) is 0 Å². The molecule has 0 aliphatic carbocycles. The standard InChI is InChI=1S/C25H19/c1-15-10-22-14-25-21(13-23(22)17(3)16(15)2)9-8-20-11-18-6-4-5-7-19(18)12-24(20)25/h4-9,11-14H,1-3H3.